The SMILES string of the molecule is CC(C)CCNc1nccc(C(=O)N2CCCC2)n1. The molecule has 0 aliphatic carbocycles. The van der Waals surface area contributed by atoms with Crippen molar-refractivity contribution in [3.8, 4) is 0 Å². The minimum Gasteiger partial charge on any atom is -0.354 e. The summed E-state index contributed by atoms with van der Waals surface area (Å²) in [5, 5.41) is 3.17. The molecular weight excluding hydrogens is 240 g/mol. The van der Waals surface area contributed by atoms with E-state index in [0.29, 0.717) is 17.6 Å². The fourth-order valence-corrected chi connectivity index (χ4v) is 2.12. The normalized spacial score (nSPS) is 15.0. The summed E-state index contributed by atoms with van der Waals surface area (Å²) < 4.78 is 0. The fourth-order valence-electron chi connectivity index (χ4n) is 2.12. The monoisotopic (exact) mass is 262 g/mol. The number of nitrogens with one attached hydrogen (secondary N) is 1. The van der Waals surface area contributed by atoms with E-state index in [2.05, 4.69) is 29.1 Å². The molecule has 2 rings (SSSR count). The summed E-state index contributed by atoms with van der Waals surface area (Å²) in [6, 6.07) is 1.69. The Morgan fingerprint density at radius 2 is 2.16 bits per heavy atom. The third kappa shape index (κ3) is 3.91. The predicted molar refractivity (Wildman–Crippen MR) is 75.1 cm³/mol. The van der Waals surface area contributed by atoms with Gasteiger partial charge < -0.3 is 10.2 Å². The zero-order valence-corrected chi connectivity index (χ0v) is 11.7. The molecule has 0 atom stereocenters. The third-order valence-corrected chi connectivity index (χ3v) is 3.27. The lowest BCUT2D eigenvalue weighted by Crippen LogP contribution is -2.28. The average Bonchev–Trinajstić information content (AvgIpc) is 2.91. The van der Waals surface area contributed by atoms with Gasteiger partial charge in [-0.25, -0.2) is 9.97 Å². The molecule has 0 spiro atoms. The van der Waals surface area contributed by atoms with Crippen molar-refractivity contribution in [2.75, 3.05) is 25.0 Å². The van der Waals surface area contributed by atoms with Crippen LogP contribution in [0.5, 0.6) is 0 Å². The molecule has 1 aromatic heterocycles. The van der Waals surface area contributed by atoms with Gasteiger partial charge in [0.1, 0.15) is 5.69 Å². The summed E-state index contributed by atoms with van der Waals surface area (Å²) in [6.45, 7) is 6.88. The summed E-state index contributed by atoms with van der Waals surface area (Å²) in [6.07, 6.45) is 4.90. The Morgan fingerprint density at radius 1 is 1.42 bits per heavy atom. The van der Waals surface area contributed by atoms with Crippen LogP contribution in [0.2, 0.25) is 0 Å². The van der Waals surface area contributed by atoms with Gasteiger partial charge in [-0.15, -0.1) is 0 Å². The van der Waals surface area contributed by atoms with Gasteiger partial charge in [-0.1, -0.05) is 13.8 Å². The van der Waals surface area contributed by atoms with Crippen molar-refractivity contribution in [1.82, 2.24) is 14.9 Å². The van der Waals surface area contributed by atoms with Crippen LogP contribution in [0.25, 0.3) is 0 Å². The Balaban J connectivity index is 1.96. The Hall–Kier alpha value is -1.65. The topological polar surface area (TPSA) is 58.1 Å². The smallest absolute Gasteiger partial charge is 0.272 e. The first-order chi connectivity index (χ1) is 9.16. The highest BCUT2D eigenvalue weighted by Gasteiger charge is 2.20. The number of aromatic nitrogens is 2. The lowest BCUT2D eigenvalue weighted by molar-refractivity contribution is 0.0787. The van der Waals surface area contributed by atoms with Crippen molar-refractivity contribution in [3.63, 3.8) is 0 Å². The molecule has 5 heteroatoms. The minimum absolute atomic E-state index is 0.0202. The van der Waals surface area contributed by atoms with E-state index in [4.69, 9.17) is 0 Å². The molecule has 1 amide bonds. The molecular formula is C14H22N4O. The van der Waals surface area contributed by atoms with Gasteiger partial charge in [0.05, 0.1) is 0 Å². The van der Waals surface area contributed by atoms with Crippen molar-refractivity contribution < 1.29 is 4.79 Å². The first-order valence-corrected chi connectivity index (χ1v) is 7.03. The molecule has 0 bridgehead atoms. The van der Waals surface area contributed by atoms with E-state index >= 15 is 0 Å². The predicted octanol–water partition coefficient (Wildman–Crippen LogP) is 2.17. The van der Waals surface area contributed by atoms with Crippen molar-refractivity contribution in [1.29, 1.82) is 0 Å². The lowest BCUT2D eigenvalue weighted by atomic mass is 10.1. The van der Waals surface area contributed by atoms with Gasteiger partial charge in [0.2, 0.25) is 5.95 Å². The van der Waals surface area contributed by atoms with Crippen LogP contribution in [-0.4, -0.2) is 40.4 Å². The molecule has 19 heavy (non-hydrogen) atoms. The second-order valence-corrected chi connectivity index (χ2v) is 5.37. The highest BCUT2D eigenvalue weighted by atomic mass is 16.2. The number of hydrogen-bond acceptors (Lipinski definition) is 4. The Bertz CT molecular complexity index is 427. The van der Waals surface area contributed by atoms with Gasteiger partial charge in [-0.2, -0.15) is 0 Å². The third-order valence-electron chi connectivity index (χ3n) is 3.27. The van der Waals surface area contributed by atoms with Gasteiger partial charge in [0.25, 0.3) is 5.91 Å². The van der Waals surface area contributed by atoms with E-state index in [9.17, 15) is 4.79 Å². The maximum Gasteiger partial charge on any atom is 0.272 e. The molecule has 1 fully saturated rings. The van der Waals surface area contributed by atoms with Crippen LogP contribution in [-0.2, 0) is 0 Å². The molecule has 0 saturated carbocycles. The number of nitrogens with zero attached hydrogens (tertiary/aromatic N) is 3. The average molecular weight is 262 g/mol. The van der Waals surface area contributed by atoms with Gasteiger partial charge in [0, 0.05) is 25.8 Å². The van der Waals surface area contributed by atoms with Gasteiger partial charge in [0.15, 0.2) is 0 Å². The quantitative estimate of drug-likeness (QED) is 0.883. The van der Waals surface area contributed by atoms with E-state index in [-0.39, 0.29) is 5.91 Å². The number of hydrogen-bond donors (Lipinski definition) is 1. The molecule has 1 aromatic rings. The van der Waals surface area contributed by atoms with Crippen molar-refractivity contribution in [3.05, 3.63) is 18.0 Å². The highest BCUT2D eigenvalue weighted by Crippen LogP contribution is 2.12. The first-order valence-electron chi connectivity index (χ1n) is 7.03. The molecule has 2 heterocycles. The van der Waals surface area contributed by atoms with E-state index in [1.54, 1.807) is 12.3 Å². The highest BCUT2D eigenvalue weighted by molar-refractivity contribution is 5.92. The summed E-state index contributed by atoms with van der Waals surface area (Å²) in [7, 11) is 0. The largest absolute Gasteiger partial charge is 0.354 e. The van der Waals surface area contributed by atoms with Crippen LogP contribution in [0.3, 0.4) is 0 Å². The Labute approximate surface area is 114 Å². The maximum absolute atomic E-state index is 12.2. The molecule has 1 aliphatic rings. The summed E-state index contributed by atoms with van der Waals surface area (Å²) in [4.78, 5) is 22.5. The molecule has 0 unspecified atom stereocenters. The van der Waals surface area contributed by atoms with Crippen LogP contribution in [0.1, 0.15) is 43.6 Å². The number of likely N-dealkylation sites (tertiary alicyclic amines) is 1. The number of carbonyl (C=O) groups excluding carboxylic acids is 1. The first kappa shape index (κ1) is 13.8. The molecule has 104 valence electrons. The minimum atomic E-state index is 0.0202. The Kier molecular flexibility index (Phi) is 4.71. The van der Waals surface area contributed by atoms with E-state index < -0.39 is 0 Å². The fraction of sp³-hybridized carbons (Fsp3) is 0.643. The number of anilines is 1. The van der Waals surface area contributed by atoms with Gasteiger partial charge >= 0.3 is 0 Å². The van der Waals surface area contributed by atoms with Crippen LogP contribution < -0.4 is 5.32 Å². The molecule has 5 nitrogen and oxygen atoms in total. The number of carbonyl (C=O) groups is 1. The summed E-state index contributed by atoms with van der Waals surface area (Å²) in [5.41, 5.74) is 0.490. The van der Waals surface area contributed by atoms with Crippen molar-refractivity contribution in [2.24, 2.45) is 5.92 Å². The lowest BCUT2D eigenvalue weighted by Gasteiger charge is -2.14. The van der Waals surface area contributed by atoms with E-state index in [1.165, 1.54) is 0 Å². The zero-order chi connectivity index (χ0) is 13.7. The van der Waals surface area contributed by atoms with E-state index in [0.717, 1.165) is 38.9 Å². The summed E-state index contributed by atoms with van der Waals surface area (Å²) in [5.74, 6) is 1.21. The van der Waals surface area contributed by atoms with Crippen LogP contribution in [0.4, 0.5) is 5.95 Å². The molecule has 0 radical (unpaired) electrons. The van der Waals surface area contributed by atoms with Gasteiger partial charge in [-0.3, -0.25) is 4.79 Å². The molecule has 1 saturated heterocycles. The van der Waals surface area contributed by atoms with Crippen LogP contribution in [0, 0.1) is 5.92 Å². The second kappa shape index (κ2) is 6.50. The van der Waals surface area contributed by atoms with E-state index in [1.807, 2.05) is 4.90 Å². The molecule has 1 N–H and O–H groups in total. The van der Waals surface area contributed by atoms with Crippen molar-refractivity contribution in [2.45, 2.75) is 33.1 Å². The van der Waals surface area contributed by atoms with Gasteiger partial charge in [-0.05, 0) is 31.2 Å². The van der Waals surface area contributed by atoms with Crippen molar-refractivity contribution >= 4 is 11.9 Å². The maximum atomic E-state index is 12.2. The van der Waals surface area contributed by atoms with Crippen LogP contribution >= 0.6 is 0 Å². The van der Waals surface area contributed by atoms with Crippen LogP contribution in [0.15, 0.2) is 12.3 Å². The molecule has 1 aliphatic heterocycles. The zero-order valence-electron chi connectivity index (χ0n) is 11.7. The summed E-state index contributed by atoms with van der Waals surface area (Å²) >= 11 is 0. The number of rotatable bonds is 5. The molecule has 0 aromatic carbocycles. The Morgan fingerprint density at radius 3 is 2.84 bits per heavy atom. The number of amides is 1. The standard InChI is InChI=1S/C14H22N4O/c1-11(2)5-7-15-14-16-8-6-12(17-14)13(19)18-9-3-4-10-18/h6,8,11H,3-5,7,9-10H2,1-2H3,(H,15,16,17). The second-order valence-electron chi connectivity index (χ2n) is 5.37.